The van der Waals surface area contributed by atoms with Crippen LogP contribution in [0.5, 0.6) is 0 Å². The van der Waals surface area contributed by atoms with Crippen LogP contribution in [0.15, 0.2) is 119 Å². The lowest BCUT2D eigenvalue weighted by Crippen LogP contribution is -2.16. The molecule has 222 valence electrons. The fourth-order valence-electron chi connectivity index (χ4n) is 6.88. The Morgan fingerprint density at radius 1 is 1.07 bits per heavy atom. The van der Waals surface area contributed by atoms with Crippen LogP contribution in [0, 0.1) is 11.8 Å². The summed E-state index contributed by atoms with van der Waals surface area (Å²) >= 11 is 0. The summed E-state index contributed by atoms with van der Waals surface area (Å²) < 4.78 is 4.97. The van der Waals surface area contributed by atoms with Crippen LogP contribution in [0.2, 0.25) is 0 Å². The Hall–Kier alpha value is -4.30. The molecule has 2 atom stereocenters. The summed E-state index contributed by atoms with van der Waals surface area (Å²) in [5.41, 5.74) is 13.8. The average Bonchev–Trinajstić information content (AvgIpc) is 3.73. The maximum atomic E-state index is 12.2. The Kier molecular flexibility index (Phi) is 7.42. The van der Waals surface area contributed by atoms with Crippen LogP contribution >= 0.6 is 0 Å². The number of aliphatic hydroxyl groups is 2. The van der Waals surface area contributed by atoms with Gasteiger partial charge in [-0.2, -0.15) is 0 Å². The molecule has 0 aromatic rings. The summed E-state index contributed by atoms with van der Waals surface area (Å²) in [5, 5.41) is 24.5. The summed E-state index contributed by atoms with van der Waals surface area (Å²) in [6.07, 6.45) is 11.9. The van der Waals surface area contributed by atoms with E-state index in [0.29, 0.717) is 25.0 Å². The number of aliphatic hydroxyl groups excluding tert-OH is 2. The van der Waals surface area contributed by atoms with Crippen LogP contribution in [0.25, 0.3) is 0 Å². The highest BCUT2D eigenvalue weighted by atomic mass is 16.5. The molecule has 0 aromatic heterocycles. The zero-order chi connectivity index (χ0) is 30.6. The third-order valence-corrected chi connectivity index (χ3v) is 9.38. The fourth-order valence-corrected chi connectivity index (χ4v) is 6.88. The van der Waals surface area contributed by atoms with E-state index in [1.807, 2.05) is 32.1 Å². The molecule has 1 saturated heterocycles. The van der Waals surface area contributed by atoms with E-state index < -0.39 is 0 Å². The van der Waals surface area contributed by atoms with Crippen LogP contribution in [0.3, 0.4) is 0 Å². The second-order valence-electron chi connectivity index (χ2n) is 11.7. The van der Waals surface area contributed by atoms with Gasteiger partial charge < -0.3 is 20.3 Å². The van der Waals surface area contributed by atoms with Gasteiger partial charge in [0.1, 0.15) is 5.76 Å². The normalized spacial score (nSPS) is 24.6. The maximum absolute atomic E-state index is 12.2. The molecule has 8 bridgehead atoms. The predicted octanol–water partition coefficient (Wildman–Crippen LogP) is 6.16. The van der Waals surface area contributed by atoms with Crippen molar-refractivity contribution in [3.8, 4) is 0 Å². The van der Waals surface area contributed by atoms with Crippen molar-refractivity contribution in [2.75, 3.05) is 13.7 Å². The highest BCUT2D eigenvalue weighted by molar-refractivity contribution is 6.21. The van der Waals surface area contributed by atoms with Crippen molar-refractivity contribution >= 4 is 23.1 Å². The lowest BCUT2D eigenvalue weighted by molar-refractivity contribution is -0.140. The molecule has 0 saturated carbocycles. The van der Waals surface area contributed by atoms with Gasteiger partial charge in [0, 0.05) is 52.8 Å². The highest BCUT2D eigenvalue weighted by Crippen LogP contribution is 2.46. The number of nitrogens with one attached hydrogen (secondary N) is 1. The van der Waals surface area contributed by atoms with Crippen molar-refractivity contribution in [3.63, 3.8) is 0 Å². The van der Waals surface area contributed by atoms with E-state index in [1.165, 1.54) is 7.11 Å². The van der Waals surface area contributed by atoms with Crippen LogP contribution in [0.1, 0.15) is 60.3 Å². The van der Waals surface area contributed by atoms with E-state index in [4.69, 9.17) is 19.7 Å². The molecular weight excluding hydrogens is 540 g/mol. The van der Waals surface area contributed by atoms with Crippen molar-refractivity contribution in [2.24, 2.45) is 26.8 Å². The standard InChI is InChI=1S/C35H38N4O4/c1-7-21-17(2)26-15-30-22(9-8-12-40)18(3)25(37-30)14-27-19(4)23(10-11-32(42)43-6)34(38-27)24-13-31(41)33-20(5)28(39-35(24)33)16-29(21)36-26/h8-9,14-16,19,23,38,40-41H,7,10-13H2,1-6H3/b9-8+,27-14?,29-16?,30-15?,34-24?/t19-,23-/m0/s1. The molecule has 6 rings (SSSR count). The number of carbonyl (C=O) groups is 1. The summed E-state index contributed by atoms with van der Waals surface area (Å²) in [4.78, 5) is 27.4. The Balaban J connectivity index is 1.59. The van der Waals surface area contributed by atoms with Crippen LogP contribution < -0.4 is 5.32 Å². The smallest absolute Gasteiger partial charge is 0.305 e. The number of hydrogen-bond acceptors (Lipinski definition) is 8. The molecule has 5 heterocycles. The van der Waals surface area contributed by atoms with Gasteiger partial charge in [-0.25, -0.2) is 15.0 Å². The number of carbonyl (C=O) groups excluding carboxylic acids is 1. The number of hydrogen-bond donors (Lipinski definition) is 3. The minimum Gasteiger partial charge on any atom is -0.511 e. The van der Waals surface area contributed by atoms with Crippen molar-refractivity contribution in [1.29, 1.82) is 0 Å². The molecule has 0 aromatic carbocycles. The van der Waals surface area contributed by atoms with Gasteiger partial charge in [0.15, 0.2) is 0 Å². The first-order valence-corrected chi connectivity index (χ1v) is 15.0. The molecule has 0 spiro atoms. The van der Waals surface area contributed by atoms with Gasteiger partial charge in [-0.3, -0.25) is 4.79 Å². The van der Waals surface area contributed by atoms with E-state index in [1.54, 1.807) is 6.08 Å². The van der Waals surface area contributed by atoms with Crippen molar-refractivity contribution in [1.82, 2.24) is 5.32 Å². The number of fused-ring (bicyclic) bond motifs is 5. The molecule has 0 radical (unpaired) electrons. The third kappa shape index (κ3) is 4.74. The van der Waals surface area contributed by atoms with E-state index in [0.717, 1.165) is 91.1 Å². The lowest BCUT2D eigenvalue weighted by Gasteiger charge is -2.17. The van der Waals surface area contributed by atoms with Gasteiger partial charge >= 0.3 is 5.97 Å². The van der Waals surface area contributed by atoms with Gasteiger partial charge in [0.05, 0.1) is 47.9 Å². The van der Waals surface area contributed by atoms with Crippen LogP contribution in [-0.4, -0.2) is 47.0 Å². The second-order valence-corrected chi connectivity index (χ2v) is 11.7. The molecule has 3 N–H and O–H groups in total. The van der Waals surface area contributed by atoms with E-state index in [9.17, 15) is 15.0 Å². The van der Waals surface area contributed by atoms with Gasteiger partial charge in [-0.15, -0.1) is 0 Å². The number of ether oxygens (including phenoxy) is 1. The highest BCUT2D eigenvalue weighted by Gasteiger charge is 2.41. The fraction of sp³-hybridized carbons (Fsp3) is 0.371. The molecule has 5 aliphatic heterocycles. The van der Waals surface area contributed by atoms with Crippen molar-refractivity contribution in [3.05, 3.63) is 104 Å². The first-order chi connectivity index (χ1) is 20.7. The van der Waals surface area contributed by atoms with Gasteiger partial charge in [-0.05, 0) is 74.1 Å². The zero-order valence-electron chi connectivity index (χ0n) is 25.6. The van der Waals surface area contributed by atoms with Crippen LogP contribution in [-0.2, 0) is 9.53 Å². The van der Waals surface area contributed by atoms with Crippen molar-refractivity contribution < 1.29 is 19.7 Å². The van der Waals surface area contributed by atoms with Gasteiger partial charge in [0.25, 0.3) is 0 Å². The monoisotopic (exact) mass is 578 g/mol. The number of nitrogens with zero attached hydrogens (tertiary/aromatic N) is 3. The Morgan fingerprint density at radius 2 is 1.81 bits per heavy atom. The Morgan fingerprint density at radius 3 is 2.53 bits per heavy atom. The summed E-state index contributed by atoms with van der Waals surface area (Å²) in [7, 11) is 1.41. The number of rotatable bonds is 6. The summed E-state index contributed by atoms with van der Waals surface area (Å²) in [6.45, 7) is 10.4. The predicted molar refractivity (Wildman–Crippen MR) is 170 cm³/mol. The quantitative estimate of drug-likeness (QED) is 0.327. The number of aliphatic imine (C=N–C) groups is 3. The third-order valence-electron chi connectivity index (χ3n) is 9.38. The van der Waals surface area contributed by atoms with E-state index in [-0.39, 0.29) is 24.4 Å². The number of esters is 1. The molecule has 1 fully saturated rings. The molecule has 0 unspecified atom stereocenters. The van der Waals surface area contributed by atoms with Crippen molar-refractivity contribution in [2.45, 2.75) is 60.3 Å². The average molecular weight is 579 g/mol. The lowest BCUT2D eigenvalue weighted by atomic mass is 9.86. The zero-order valence-corrected chi connectivity index (χ0v) is 25.6. The Bertz CT molecular complexity index is 1730. The number of allylic oxidation sites excluding steroid dienone is 12. The first-order valence-electron chi connectivity index (χ1n) is 15.0. The SMILES string of the molecule is CCC1=C(C)C2=NC1=CC1=C(C)C3=C(O)CC(=C4NC(=CC5=NC(=C2)C(/C=C/CO)=C5C)[C@@H](C)[C@@H]4CCC(=O)OC)C3=N1. The molecule has 8 nitrogen and oxygen atoms in total. The summed E-state index contributed by atoms with van der Waals surface area (Å²) in [6, 6.07) is 0. The maximum Gasteiger partial charge on any atom is 0.305 e. The summed E-state index contributed by atoms with van der Waals surface area (Å²) in [5.74, 6) is 0.133. The van der Waals surface area contributed by atoms with Gasteiger partial charge in [0.2, 0.25) is 0 Å². The molecule has 6 aliphatic rings. The topological polar surface area (TPSA) is 116 Å². The molecule has 1 aliphatic carbocycles. The van der Waals surface area contributed by atoms with Gasteiger partial charge in [-0.1, -0.05) is 26.0 Å². The van der Waals surface area contributed by atoms with E-state index in [2.05, 4.69) is 32.2 Å². The second kappa shape index (κ2) is 11.1. The Labute approximate surface area is 252 Å². The number of methoxy groups -OCH3 is 1. The minimum absolute atomic E-state index is 0.00231. The molecule has 0 amide bonds. The molecule has 8 heteroatoms. The van der Waals surface area contributed by atoms with E-state index >= 15 is 0 Å². The molecule has 43 heavy (non-hydrogen) atoms. The minimum atomic E-state index is -0.245. The van der Waals surface area contributed by atoms with Crippen LogP contribution in [0.4, 0.5) is 0 Å². The largest absolute Gasteiger partial charge is 0.511 e. The molecular formula is C35H38N4O4. The first kappa shape index (κ1) is 28.8.